The summed E-state index contributed by atoms with van der Waals surface area (Å²) in [6, 6.07) is 0. The van der Waals surface area contributed by atoms with Gasteiger partial charge in [-0.05, 0) is 29.7 Å². The van der Waals surface area contributed by atoms with E-state index in [4.69, 9.17) is 5.73 Å². The van der Waals surface area contributed by atoms with E-state index in [9.17, 15) is 0 Å². The Kier molecular flexibility index (Phi) is 4.44. The van der Waals surface area contributed by atoms with E-state index in [0.717, 1.165) is 6.54 Å². The van der Waals surface area contributed by atoms with Gasteiger partial charge in [0.25, 0.3) is 0 Å². The molecule has 0 bridgehead atoms. The molecule has 0 aromatic rings. The van der Waals surface area contributed by atoms with Crippen molar-refractivity contribution in [3.63, 3.8) is 0 Å². The third kappa shape index (κ3) is 4.66. The van der Waals surface area contributed by atoms with Crippen molar-refractivity contribution >= 4 is 0 Å². The lowest BCUT2D eigenvalue weighted by Crippen LogP contribution is -2.33. The Morgan fingerprint density at radius 3 is 1.77 bits per heavy atom. The molecule has 13 heavy (non-hydrogen) atoms. The first-order valence-corrected chi connectivity index (χ1v) is 5.43. The van der Waals surface area contributed by atoms with Crippen molar-refractivity contribution < 1.29 is 0 Å². The molecule has 0 fully saturated rings. The molecule has 1 unspecified atom stereocenters. The average molecular weight is 185 g/mol. The lowest BCUT2D eigenvalue weighted by Gasteiger charge is -2.38. The van der Waals surface area contributed by atoms with Crippen molar-refractivity contribution in [3.05, 3.63) is 0 Å². The van der Waals surface area contributed by atoms with Gasteiger partial charge in [-0.25, -0.2) is 0 Å². The highest BCUT2D eigenvalue weighted by Gasteiger charge is 2.31. The molecule has 0 aliphatic rings. The number of rotatable bonds is 4. The van der Waals surface area contributed by atoms with E-state index in [1.165, 1.54) is 12.8 Å². The summed E-state index contributed by atoms with van der Waals surface area (Å²) < 4.78 is 0. The van der Waals surface area contributed by atoms with E-state index in [1.807, 2.05) is 0 Å². The fraction of sp³-hybridized carbons (Fsp3) is 1.00. The van der Waals surface area contributed by atoms with Crippen LogP contribution in [0.1, 0.15) is 54.4 Å². The third-order valence-corrected chi connectivity index (χ3v) is 2.87. The van der Waals surface area contributed by atoms with Crippen molar-refractivity contribution in [2.45, 2.75) is 54.4 Å². The van der Waals surface area contributed by atoms with Gasteiger partial charge in [-0.2, -0.15) is 0 Å². The van der Waals surface area contributed by atoms with Crippen LogP contribution < -0.4 is 5.73 Å². The maximum Gasteiger partial charge on any atom is -0.00439 e. The molecular formula is C12H27N. The van der Waals surface area contributed by atoms with Crippen LogP contribution >= 0.6 is 0 Å². The van der Waals surface area contributed by atoms with Crippen LogP contribution in [0.15, 0.2) is 0 Å². The topological polar surface area (TPSA) is 26.0 Å². The molecule has 0 spiro atoms. The van der Waals surface area contributed by atoms with E-state index >= 15 is 0 Å². The van der Waals surface area contributed by atoms with Crippen molar-refractivity contribution in [3.8, 4) is 0 Å². The predicted molar refractivity (Wildman–Crippen MR) is 60.7 cm³/mol. The van der Waals surface area contributed by atoms with Gasteiger partial charge in [-0.3, -0.25) is 0 Å². The molecule has 0 aromatic carbocycles. The second-order valence-corrected chi connectivity index (χ2v) is 6.07. The zero-order valence-corrected chi connectivity index (χ0v) is 10.3. The maximum absolute atomic E-state index is 5.79. The summed E-state index contributed by atoms with van der Waals surface area (Å²) in [7, 11) is 0. The van der Waals surface area contributed by atoms with E-state index < -0.39 is 0 Å². The Morgan fingerprint density at radius 1 is 1.08 bits per heavy atom. The zero-order chi connectivity index (χ0) is 10.7. The van der Waals surface area contributed by atoms with Gasteiger partial charge in [0, 0.05) is 0 Å². The Labute approximate surface area is 84.1 Å². The zero-order valence-electron chi connectivity index (χ0n) is 10.3. The van der Waals surface area contributed by atoms with Crippen molar-refractivity contribution in [2.75, 3.05) is 6.54 Å². The van der Waals surface area contributed by atoms with Crippen LogP contribution in [0.5, 0.6) is 0 Å². The highest BCUT2D eigenvalue weighted by molar-refractivity contribution is 4.82. The van der Waals surface area contributed by atoms with Crippen LogP contribution in [-0.4, -0.2) is 6.54 Å². The summed E-state index contributed by atoms with van der Waals surface area (Å²) >= 11 is 0. The first kappa shape index (κ1) is 13.0. The SMILES string of the molecule is CCC(CN)C(C)(C)CC(C)(C)C. The standard InChI is InChI=1S/C12H27N/c1-7-10(8-13)12(5,6)9-11(2,3)4/h10H,7-9,13H2,1-6H3. The molecule has 0 aliphatic heterocycles. The Bertz CT molecular complexity index is 138. The molecule has 0 heterocycles. The maximum atomic E-state index is 5.79. The fourth-order valence-corrected chi connectivity index (χ4v) is 2.55. The second-order valence-electron chi connectivity index (χ2n) is 6.07. The quantitative estimate of drug-likeness (QED) is 0.713. The molecule has 0 aromatic heterocycles. The van der Waals surface area contributed by atoms with E-state index in [-0.39, 0.29) is 0 Å². The van der Waals surface area contributed by atoms with Gasteiger partial charge in [0.05, 0.1) is 0 Å². The van der Waals surface area contributed by atoms with Crippen LogP contribution in [0, 0.1) is 16.7 Å². The normalized spacial score (nSPS) is 15.9. The van der Waals surface area contributed by atoms with Gasteiger partial charge in [0.15, 0.2) is 0 Å². The van der Waals surface area contributed by atoms with Gasteiger partial charge < -0.3 is 5.73 Å². The van der Waals surface area contributed by atoms with Crippen molar-refractivity contribution in [1.29, 1.82) is 0 Å². The van der Waals surface area contributed by atoms with Crippen LogP contribution in [0.2, 0.25) is 0 Å². The summed E-state index contributed by atoms with van der Waals surface area (Å²) in [5.74, 6) is 0.659. The molecule has 2 N–H and O–H groups in total. The largest absolute Gasteiger partial charge is 0.330 e. The second kappa shape index (κ2) is 4.45. The smallest absolute Gasteiger partial charge is 0.00439 e. The molecule has 80 valence electrons. The summed E-state index contributed by atoms with van der Waals surface area (Å²) in [6.07, 6.45) is 2.44. The van der Waals surface area contributed by atoms with Crippen molar-refractivity contribution in [1.82, 2.24) is 0 Å². The van der Waals surface area contributed by atoms with Crippen LogP contribution in [0.3, 0.4) is 0 Å². The number of hydrogen-bond acceptors (Lipinski definition) is 1. The van der Waals surface area contributed by atoms with Crippen LogP contribution in [0.4, 0.5) is 0 Å². The molecule has 1 atom stereocenters. The molecule has 0 saturated heterocycles. The molecule has 0 amide bonds. The molecule has 0 saturated carbocycles. The minimum absolute atomic E-state index is 0.377. The summed E-state index contributed by atoms with van der Waals surface area (Å²) in [5, 5.41) is 0. The highest BCUT2D eigenvalue weighted by atomic mass is 14.6. The van der Waals surface area contributed by atoms with Gasteiger partial charge in [-0.1, -0.05) is 48.0 Å². The fourth-order valence-electron chi connectivity index (χ4n) is 2.55. The lowest BCUT2D eigenvalue weighted by molar-refractivity contribution is 0.131. The molecule has 0 aliphatic carbocycles. The predicted octanol–water partition coefficient (Wildman–Crippen LogP) is 3.43. The van der Waals surface area contributed by atoms with Crippen LogP contribution in [-0.2, 0) is 0 Å². The molecule has 1 heteroatoms. The van der Waals surface area contributed by atoms with Gasteiger partial charge in [-0.15, -0.1) is 0 Å². The van der Waals surface area contributed by atoms with Crippen molar-refractivity contribution in [2.24, 2.45) is 22.5 Å². The molecule has 1 nitrogen and oxygen atoms in total. The highest BCUT2D eigenvalue weighted by Crippen LogP contribution is 2.39. The Morgan fingerprint density at radius 2 is 1.54 bits per heavy atom. The summed E-state index contributed by atoms with van der Waals surface area (Å²) in [4.78, 5) is 0. The van der Waals surface area contributed by atoms with E-state index in [2.05, 4.69) is 41.5 Å². The minimum atomic E-state index is 0.377. The van der Waals surface area contributed by atoms with Gasteiger partial charge in [0.2, 0.25) is 0 Å². The first-order valence-electron chi connectivity index (χ1n) is 5.43. The minimum Gasteiger partial charge on any atom is -0.330 e. The first-order chi connectivity index (χ1) is 5.73. The van der Waals surface area contributed by atoms with E-state index in [0.29, 0.717) is 16.7 Å². The van der Waals surface area contributed by atoms with E-state index in [1.54, 1.807) is 0 Å². The monoisotopic (exact) mass is 185 g/mol. The van der Waals surface area contributed by atoms with Gasteiger partial charge >= 0.3 is 0 Å². The third-order valence-electron chi connectivity index (χ3n) is 2.87. The molecule has 0 rings (SSSR count). The molecule has 0 radical (unpaired) electrons. The Balaban J connectivity index is 4.36. The number of nitrogens with two attached hydrogens (primary N) is 1. The van der Waals surface area contributed by atoms with Gasteiger partial charge in [0.1, 0.15) is 0 Å². The lowest BCUT2D eigenvalue weighted by atomic mass is 9.68. The average Bonchev–Trinajstić information content (AvgIpc) is 1.83. The number of hydrogen-bond donors (Lipinski definition) is 1. The summed E-state index contributed by atoms with van der Waals surface area (Å²) in [5.41, 5.74) is 6.57. The summed E-state index contributed by atoms with van der Waals surface area (Å²) in [6.45, 7) is 14.7. The molecular weight excluding hydrogens is 158 g/mol. The van der Waals surface area contributed by atoms with Crippen LogP contribution in [0.25, 0.3) is 0 Å². The Hall–Kier alpha value is -0.0400.